The number of nitrogens with zero attached hydrogens (tertiary/aromatic N) is 3. The van der Waals surface area contributed by atoms with Crippen molar-refractivity contribution in [3.05, 3.63) is 78.2 Å². The van der Waals surface area contributed by atoms with Crippen molar-refractivity contribution in [3.8, 4) is 22.5 Å². The Morgan fingerprint density at radius 3 is 2.48 bits per heavy atom. The number of benzene rings is 2. The SMILES string of the molecule is CC[C@@H](C)NC(=O)c1cc(-c2ccc(F)cc2)n2nc(-c3ccccc3)cc2n1. The lowest BCUT2D eigenvalue weighted by atomic mass is 10.1. The Morgan fingerprint density at radius 2 is 1.79 bits per heavy atom. The highest BCUT2D eigenvalue weighted by molar-refractivity contribution is 5.94. The molecule has 1 atom stereocenters. The van der Waals surface area contributed by atoms with E-state index in [2.05, 4.69) is 15.4 Å². The number of carbonyl (C=O) groups excluding carboxylic acids is 1. The fourth-order valence-electron chi connectivity index (χ4n) is 3.07. The van der Waals surface area contributed by atoms with Gasteiger partial charge in [0.2, 0.25) is 0 Å². The van der Waals surface area contributed by atoms with Crippen molar-refractivity contribution < 1.29 is 9.18 Å². The summed E-state index contributed by atoms with van der Waals surface area (Å²) in [4.78, 5) is 17.2. The average Bonchev–Trinajstić information content (AvgIpc) is 3.18. The van der Waals surface area contributed by atoms with E-state index < -0.39 is 0 Å². The second kappa shape index (κ2) is 7.83. The molecule has 0 aliphatic rings. The third kappa shape index (κ3) is 3.87. The Morgan fingerprint density at radius 1 is 1.07 bits per heavy atom. The fraction of sp³-hybridized carbons (Fsp3) is 0.174. The Labute approximate surface area is 168 Å². The summed E-state index contributed by atoms with van der Waals surface area (Å²) in [6.45, 7) is 3.96. The number of carbonyl (C=O) groups is 1. The van der Waals surface area contributed by atoms with Crippen LogP contribution in [-0.2, 0) is 0 Å². The highest BCUT2D eigenvalue weighted by Gasteiger charge is 2.17. The highest BCUT2D eigenvalue weighted by atomic mass is 19.1. The van der Waals surface area contributed by atoms with Crippen LogP contribution in [0.15, 0.2) is 66.7 Å². The minimum atomic E-state index is -0.320. The molecular formula is C23H21FN4O. The van der Waals surface area contributed by atoms with Crippen LogP contribution in [0.3, 0.4) is 0 Å². The Hall–Kier alpha value is -3.54. The van der Waals surface area contributed by atoms with Gasteiger partial charge in [-0.1, -0.05) is 37.3 Å². The molecule has 4 aromatic rings. The summed E-state index contributed by atoms with van der Waals surface area (Å²) in [6, 6.07) is 19.5. The van der Waals surface area contributed by atoms with E-state index in [-0.39, 0.29) is 17.8 Å². The topological polar surface area (TPSA) is 59.3 Å². The fourth-order valence-corrected chi connectivity index (χ4v) is 3.07. The van der Waals surface area contributed by atoms with E-state index in [1.165, 1.54) is 12.1 Å². The van der Waals surface area contributed by atoms with Crippen molar-refractivity contribution >= 4 is 11.6 Å². The number of amides is 1. The van der Waals surface area contributed by atoms with Crippen molar-refractivity contribution in [2.75, 3.05) is 0 Å². The smallest absolute Gasteiger partial charge is 0.270 e. The zero-order chi connectivity index (χ0) is 20.4. The second-order valence-corrected chi connectivity index (χ2v) is 6.98. The summed E-state index contributed by atoms with van der Waals surface area (Å²) in [5.74, 6) is -0.563. The summed E-state index contributed by atoms with van der Waals surface area (Å²) in [5, 5.41) is 7.63. The van der Waals surface area contributed by atoms with E-state index in [9.17, 15) is 9.18 Å². The van der Waals surface area contributed by atoms with Crippen LogP contribution in [0, 0.1) is 5.82 Å². The number of rotatable bonds is 5. The normalized spacial score (nSPS) is 12.1. The quantitative estimate of drug-likeness (QED) is 0.538. The van der Waals surface area contributed by atoms with Gasteiger partial charge in [0, 0.05) is 23.2 Å². The lowest BCUT2D eigenvalue weighted by molar-refractivity contribution is 0.0934. The molecule has 0 aliphatic carbocycles. The van der Waals surface area contributed by atoms with E-state index in [1.807, 2.05) is 50.2 Å². The minimum absolute atomic E-state index is 0.0413. The first-order valence-corrected chi connectivity index (χ1v) is 9.58. The molecule has 5 nitrogen and oxygen atoms in total. The summed E-state index contributed by atoms with van der Waals surface area (Å²) in [5.41, 5.74) is 3.98. The molecule has 146 valence electrons. The van der Waals surface area contributed by atoms with Gasteiger partial charge in [-0.3, -0.25) is 4.79 Å². The van der Waals surface area contributed by atoms with Gasteiger partial charge in [-0.25, -0.2) is 13.9 Å². The molecule has 1 amide bonds. The van der Waals surface area contributed by atoms with Crippen molar-refractivity contribution in [2.45, 2.75) is 26.3 Å². The van der Waals surface area contributed by atoms with Crippen molar-refractivity contribution in [1.82, 2.24) is 19.9 Å². The molecular weight excluding hydrogens is 367 g/mol. The number of aromatic nitrogens is 3. The van der Waals surface area contributed by atoms with Gasteiger partial charge in [-0.15, -0.1) is 0 Å². The third-order valence-corrected chi connectivity index (χ3v) is 4.86. The molecule has 4 rings (SSSR count). The number of hydrogen-bond acceptors (Lipinski definition) is 3. The summed E-state index contributed by atoms with van der Waals surface area (Å²) >= 11 is 0. The molecule has 2 aromatic carbocycles. The highest BCUT2D eigenvalue weighted by Crippen LogP contribution is 2.25. The molecule has 0 bridgehead atoms. The zero-order valence-electron chi connectivity index (χ0n) is 16.3. The van der Waals surface area contributed by atoms with Gasteiger partial charge in [0.1, 0.15) is 11.5 Å². The van der Waals surface area contributed by atoms with Gasteiger partial charge < -0.3 is 5.32 Å². The molecule has 0 radical (unpaired) electrons. The molecule has 0 fully saturated rings. The van der Waals surface area contributed by atoms with Crippen LogP contribution >= 0.6 is 0 Å². The maximum Gasteiger partial charge on any atom is 0.270 e. The van der Waals surface area contributed by atoms with Gasteiger partial charge in [0.15, 0.2) is 5.65 Å². The number of halogens is 1. The van der Waals surface area contributed by atoms with Crippen LogP contribution in [0.2, 0.25) is 0 Å². The molecule has 0 saturated carbocycles. The maximum atomic E-state index is 13.4. The van der Waals surface area contributed by atoms with Gasteiger partial charge in [0.05, 0.1) is 11.4 Å². The van der Waals surface area contributed by atoms with Crippen molar-refractivity contribution in [2.24, 2.45) is 0 Å². The number of hydrogen-bond donors (Lipinski definition) is 1. The first-order chi connectivity index (χ1) is 14.0. The summed E-state index contributed by atoms with van der Waals surface area (Å²) < 4.78 is 15.1. The monoisotopic (exact) mass is 388 g/mol. The predicted molar refractivity (Wildman–Crippen MR) is 111 cm³/mol. The minimum Gasteiger partial charge on any atom is -0.348 e. The van der Waals surface area contributed by atoms with Crippen LogP contribution in [-0.4, -0.2) is 26.5 Å². The van der Waals surface area contributed by atoms with Gasteiger partial charge in [-0.2, -0.15) is 5.10 Å². The van der Waals surface area contributed by atoms with Gasteiger partial charge in [-0.05, 0) is 43.7 Å². The Bertz CT molecular complexity index is 1150. The molecule has 0 aliphatic heterocycles. The Balaban J connectivity index is 1.88. The van der Waals surface area contributed by atoms with Crippen molar-refractivity contribution in [3.63, 3.8) is 0 Å². The number of nitrogens with one attached hydrogen (secondary N) is 1. The molecule has 29 heavy (non-hydrogen) atoms. The average molecular weight is 388 g/mol. The molecule has 6 heteroatoms. The van der Waals surface area contributed by atoms with E-state index in [4.69, 9.17) is 0 Å². The first-order valence-electron chi connectivity index (χ1n) is 9.58. The van der Waals surface area contributed by atoms with Crippen LogP contribution in [0.25, 0.3) is 28.2 Å². The van der Waals surface area contributed by atoms with Gasteiger partial charge in [0.25, 0.3) is 5.91 Å². The molecule has 1 N–H and O–H groups in total. The summed E-state index contributed by atoms with van der Waals surface area (Å²) in [7, 11) is 0. The van der Waals surface area contributed by atoms with E-state index in [0.717, 1.165) is 23.2 Å². The van der Waals surface area contributed by atoms with Crippen LogP contribution in [0.5, 0.6) is 0 Å². The molecule has 2 heterocycles. The number of fused-ring (bicyclic) bond motifs is 1. The molecule has 0 unspecified atom stereocenters. The maximum absolute atomic E-state index is 13.4. The standard InChI is InChI=1S/C23H21FN4O/c1-3-15(2)25-23(29)20-13-21(17-9-11-18(24)12-10-17)28-22(26-20)14-19(27-28)16-7-5-4-6-8-16/h4-15H,3H2,1-2H3,(H,25,29)/t15-/m1/s1. The molecule has 2 aromatic heterocycles. The lowest BCUT2D eigenvalue weighted by Crippen LogP contribution is -2.32. The van der Waals surface area contributed by atoms with Crippen LogP contribution in [0.1, 0.15) is 30.8 Å². The van der Waals surface area contributed by atoms with Crippen LogP contribution < -0.4 is 5.32 Å². The first kappa shape index (κ1) is 18.8. The molecule has 0 saturated heterocycles. The van der Waals surface area contributed by atoms with E-state index in [0.29, 0.717) is 17.0 Å². The Kier molecular flexibility index (Phi) is 5.08. The second-order valence-electron chi connectivity index (χ2n) is 6.98. The van der Waals surface area contributed by atoms with Crippen molar-refractivity contribution in [1.29, 1.82) is 0 Å². The predicted octanol–water partition coefficient (Wildman–Crippen LogP) is 4.73. The molecule has 0 spiro atoms. The largest absolute Gasteiger partial charge is 0.348 e. The van der Waals surface area contributed by atoms with Crippen LogP contribution in [0.4, 0.5) is 4.39 Å². The van der Waals surface area contributed by atoms with Gasteiger partial charge >= 0.3 is 0 Å². The zero-order valence-corrected chi connectivity index (χ0v) is 16.3. The van der Waals surface area contributed by atoms with E-state index >= 15 is 0 Å². The third-order valence-electron chi connectivity index (χ3n) is 4.86. The summed E-state index contributed by atoms with van der Waals surface area (Å²) in [6.07, 6.45) is 0.823. The lowest BCUT2D eigenvalue weighted by Gasteiger charge is -2.12. The van der Waals surface area contributed by atoms with E-state index in [1.54, 1.807) is 22.7 Å².